The van der Waals surface area contributed by atoms with Crippen molar-refractivity contribution in [2.75, 3.05) is 6.61 Å². The van der Waals surface area contributed by atoms with E-state index in [0.29, 0.717) is 12.1 Å². The number of alkyl carbamates (subject to hydrolysis) is 1. The Kier molecular flexibility index (Phi) is 2.72. The molecule has 1 saturated heterocycles. The molecule has 86 valence electrons. The number of carbonyl (C=O) groups is 1. The van der Waals surface area contributed by atoms with Crippen LogP contribution in [0.5, 0.6) is 0 Å². The summed E-state index contributed by atoms with van der Waals surface area (Å²) in [6, 6.07) is 0.349. The van der Waals surface area contributed by atoms with E-state index in [9.17, 15) is 18.0 Å². The van der Waals surface area contributed by atoms with Crippen LogP contribution in [0.1, 0.15) is 18.0 Å². The molecule has 1 aromatic rings. The summed E-state index contributed by atoms with van der Waals surface area (Å²) in [6.45, 7) is 0.0761. The molecule has 3 nitrogen and oxygen atoms in total. The summed E-state index contributed by atoms with van der Waals surface area (Å²) in [5, 5.41) is 2.27. The Balaban J connectivity index is 2.35. The topological polar surface area (TPSA) is 38.3 Å². The van der Waals surface area contributed by atoms with Crippen LogP contribution in [0.15, 0.2) is 12.1 Å². The van der Waals surface area contributed by atoms with Gasteiger partial charge in [0.05, 0.1) is 12.6 Å². The molecule has 1 heterocycles. The fourth-order valence-electron chi connectivity index (χ4n) is 1.63. The van der Waals surface area contributed by atoms with Gasteiger partial charge in [-0.1, -0.05) is 0 Å². The van der Waals surface area contributed by atoms with E-state index in [1.807, 2.05) is 0 Å². The molecule has 16 heavy (non-hydrogen) atoms. The minimum Gasteiger partial charge on any atom is -0.449 e. The molecule has 0 radical (unpaired) electrons. The molecule has 0 spiro atoms. The third-order valence-electron chi connectivity index (χ3n) is 2.32. The molecule has 1 atom stereocenters. The molecule has 0 aliphatic carbocycles. The Labute approximate surface area is 89.2 Å². The van der Waals surface area contributed by atoms with Gasteiger partial charge in [-0.15, -0.1) is 0 Å². The first-order valence-electron chi connectivity index (χ1n) is 4.65. The van der Waals surface area contributed by atoms with E-state index in [2.05, 4.69) is 10.1 Å². The van der Waals surface area contributed by atoms with Gasteiger partial charge in [-0.3, -0.25) is 0 Å². The van der Waals surface area contributed by atoms with E-state index in [-0.39, 0.29) is 18.6 Å². The standard InChI is InChI=1S/C10H8F3NO2/c11-5-3-6(12)9(7(13)4-5)8-1-2-16-10(15)14-8/h3-4,8H,1-2H2,(H,14,15)/t8-/m1/s1. The first kappa shape index (κ1) is 10.8. The van der Waals surface area contributed by atoms with Gasteiger partial charge in [0.15, 0.2) is 0 Å². The largest absolute Gasteiger partial charge is 0.449 e. The summed E-state index contributed by atoms with van der Waals surface area (Å²) in [5.41, 5.74) is -0.335. The van der Waals surface area contributed by atoms with Gasteiger partial charge in [-0.2, -0.15) is 0 Å². The monoisotopic (exact) mass is 231 g/mol. The average Bonchev–Trinajstić information content (AvgIpc) is 2.15. The van der Waals surface area contributed by atoms with Crippen molar-refractivity contribution in [2.45, 2.75) is 12.5 Å². The Bertz CT molecular complexity index is 413. The Morgan fingerprint density at radius 1 is 1.25 bits per heavy atom. The quantitative estimate of drug-likeness (QED) is 0.805. The molecule has 6 heteroatoms. The molecule has 1 aromatic carbocycles. The van der Waals surface area contributed by atoms with Crippen molar-refractivity contribution in [3.05, 3.63) is 35.1 Å². The van der Waals surface area contributed by atoms with E-state index in [1.165, 1.54) is 0 Å². The van der Waals surface area contributed by atoms with Crippen molar-refractivity contribution in [3.8, 4) is 0 Å². The van der Waals surface area contributed by atoms with E-state index in [0.717, 1.165) is 0 Å². The number of cyclic esters (lactones) is 1. The summed E-state index contributed by atoms with van der Waals surface area (Å²) in [4.78, 5) is 10.9. The van der Waals surface area contributed by atoms with Crippen LogP contribution in [0, 0.1) is 17.5 Å². The van der Waals surface area contributed by atoms with Crippen LogP contribution in [-0.2, 0) is 4.74 Å². The van der Waals surface area contributed by atoms with Crippen LogP contribution in [-0.4, -0.2) is 12.7 Å². The average molecular weight is 231 g/mol. The number of rotatable bonds is 1. The second-order valence-electron chi connectivity index (χ2n) is 3.40. The van der Waals surface area contributed by atoms with Crippen LogP contribution in [0.25, 0.3) is 0 Å². The normalized spacial score (nSPS) is 20.2. The van der Waals surface area contributed by atoms with Gasteiger partial charge in [0.25, 0.3) is 0 Å². The van der Waals surface area contributed by atoms with Gasteiger partial charge in [0.1, 0.15) is 17.5 Å². The van der Waals surface area contributed by atoms with Crippen LogP contribution in [0.2, 0.25) is 0 Å². The maximum atomic E-state index is 13.4. The highest BCUT2D eigenvalue weighted by molar-refractivity contribution is 5.68. The molecule has 0 saturated carbocycles. The summed E-state index contributed by atoms with van der Waals surface area (Å²) < 4.78 is 43.9. The lowest BCUT2D eigenvalue weighted by atomic mass is 10.0. The third kappa shape index (κ3) is 1.95. The van der Waals surface area contributed by atoms with E-state index < -0.39 is 29.6 Å². The highest BCUT2D eigenvalue weighted by Gasteiger charge is 2.26. The second-order valence-corrected chi connectivity index (χ2v) is 3.40. The first-order chi connectivity index (χ1) is 7.58. The number of hydrogen-bond acceptors (Lipinski definition) is 2. The number of benzene rings is 1. The minimum atomic E-state index is -1.01. The molecule has 1 amide bonds. The molecular weight excluding hydrogens is 223 g/mol. The van der Waals surface area contributed by atoms with Gasteiger partial charge in [-0.25, -0.2) is 18.0 Å². The van der Waals surface area contributed by atoms with Gasteiger partial charge >= 0.3 is 6.09 Å². The molecular formula is C10H8F3NO2. The van der Waals surface area contributed by atoms with Crippen molar-refractivity contribution in [1.29, 1.82) is 0 Å². The minimum absolute atomic E-state index is 0.0761. The van der Waals surface area contributed by atoms with Crippen LogP contribution >= 0.6 is 0 Å². The van der Waals surface area contributed by atoms with Crippen LogP contribution < -0.4 is 5.32 Å². The number of ether oxygens (including phenoxy) is 1. The van der Waals surface area contributed by atoms with Gasteiger partial charge < -0.3 is 10.1 Å². The van der Waals surface area contributed by atoms with Gasteiger partial charge in [-0.05, 0) is 0 Å². The zero-order chi connectivity index (χ0) is 11.7. The number of carbonyl (C=O) groups excluding carboxylic acids is 1. The van der Waals surface area contributed by atoms with Crippen LogP contribution in [0.3, 0.4) is 0 Å². The number of hydrogen-bond donors (Lipinski definition) is 1. The molecule has 0 unspecified atom stereocenters. The number of halogens is 3. The van der Waals surface area contributed by atoms with Crippen molar-refractivity contribution < 1.29 is 22.7 Å². The van der Waals surface area contributed by atoms with Gasteiger partial charge in [0, 0.05) is 24.1 Å². The molecule has 0 bridgehead atoms. The van der Waals surface area contributed by atoms with Crippen molar-refractivity contribution in [2.24, 2.45) is 0 Å². The van der Waals surface area contributed by atoms with E-state index in [1.54, 1.807) is 0 Å². The predicted octanol–water partition coefficient (Wildman–Crippen LogP) is 2.27. The lowest BCUT2D eigenvalue weighted by molar-refractivity contribution is 0.114. The lowest BCUT2D eigenvalue weighted by Crippen LogP contribution is -2.36. The Morgan fingerprint density at radius 2 is 1.88 bits per heavy atom. The highest BCUT2D eigenvalue weighted by atomic mass is 19.1. The lowest BCUT2D eigenvalue weighted by Gasteiger charge is -2.24. The zero-order valence-electron chi connectivity index (χ0n) is 8.10. The first-order valence-corrected chi connectivity index (χ1v) is 4.65. The second kappa shape index (κ2) is 4.03. The maximum Gasteiger partial charge on any atom is 0.407 e. The zero-order valence-corrected chi connectivity index (χ0v) is 8.10. The summed E-state index contributed by atoms with van der Waals surface area (Å²) in [5.74, 6) is -3.01. The molecule has 1 aliphatic heterocycles. The fraction of sp³-hybridized carbons (Fsp3) is 0.300. The third-order valence-corrected chi connectivity index (χ3v) is 2.32. The van der Waals surface area contributed by atoms with Crippen molar-refractivity contribution >= 4 is 6.09 Å². The van der Waals surface area contributed by atoms with Crippen LogP contribution in [0.4, 0.5) is 18.0 Å². The summed E-state index contributed by atoms with van der Waals surface area (Å²) >= 11 is 0. The summed E-state index contributed by atoms with van der Waals surface area (Å²) in [6.07, 6.45) is -0.495. The molecule has 1 N–H and O–H groups in total. The fourth-order valence-corrected chi connectivity index (χ4v) is 1.63. The smallest absolute Gasteiger partial charge is 0.407 e. The predicted molar refractivity (Wildman–Crippen MR) is 48.2 cm³/mol. The molecule has 1 fully saturated rings. The van der Waals surface area contributed by atoms with Crippen molar-refractivity contribution in [3.63, 3.8) is 0 Å². The number of nitrogens with one attached hydrogen (secondary N) is 1. The summed E-state index contributed by atoms with van der Waals surface area (Å²) in [7, 11) is 0. The number of amides is 1. The maximum absolute atomic E-state index is 13.4. The van der Waals surface area contributed by atoms with E-state index in [4.69, 9.17) is 0 Å². The Hall–Kier alpha value is -1.72. The van der Waals surface area contributed by atoms with Gasteiger partial charge in [0.2, 0.25) is 0 Å². The highest BCUT2D eigenvalue weighted by Crippen LogP contribution is 2.26. The molecule has 2 rings (SSSR count). The molecule has 0 aromatic heterocycles. The SMILES string of the molecule is O=C1N[C@@H](c2c(F)cc(F)cc2F)CCO1. The van der Waals surface area contributed by atoms with Crippen molar-refractivity contribution in [1.82, 2.24) is 5.32 Å². The van der Waals surface area contributed by atoms with E-state index >= 15 is 0 Å². The Morgan fingerprint density at radius 3 is 2.44 bits per heavy atom. The molecule has 1 aliphatic rings.